The summed E-state index contributed by atoms with van der Waals surface area (Å²) in [7, 11) is -3.22. The molecule has 2 saturated heterocycles. The summed E-state index contributed by atoms with van der Waals surface area (Å²) < 4.78 is 25.1. The molecule has 3 rings (SSSR count). The van der Waals surface area contributed by atoms with E-state index in [2.05, 4.69) is 14.9 Å². The Hall–Kier alpha value is -1.27. The van der Waals surface area contributed by atoms with Crippen molar-refractivity contribution >= 4 is 21.4 Å². The van der Waals surface area contributed by atoms with Gasteiger partial charge < -0.3 is 5.32 Å². The minimum absolute atomic E-state index is 0.478. The highest BCUT2D eigenvalue weighted by molar-refractivity contribution is 7.92. The van der Waals surface area contributed by atoms with Crippen LogP contribution < -0.4 is 10.0 Å². The molecule has 0 amide bonds. The molecule has 20 heavy (non-hydrogen) atoms. The van der Waals surface area contributed by atoms with Crippen molar-refractivity contribution in [1.29, 1.82) is 0 Å². The fourth-order valence-electron chi connectivity index (χ4n) is 3.35. The number of sulfonamides is 1. The second-order valence-electron chi connectivity index (χ2n) is 5.74. The first-order valence-electron chi connectivity index (χ1n) is 7.10. The van der Waals surface area contributed by atoms with E-state index in [-0.39, 0.29) is 0 Å². The second kappa shape index (κ2) is 5.26. The fourth-order valence-corrected chi connectivity index (χ4v) is 3.91. The third-order valence-electron chi connectivity index (χ3n) is 4.12. The lowest BCUT2D eigenvalue weighted by Gasteiger charge is -2.22. The molecule has 2 unspecified atom stereocenters. The van der Waals surface area contributed by atoms with Gasteiger partial charge in [-0.15, -0.1) is 0 Å². The van der Waals surface area contributed by atoms with Gasteiger partial charge in [0.2, 0.25) is 10.0 Å². The number of benzene rings is 1. The molecule has 0 spiro atoms. The van der Waals surface area contributed by atoms with E-state index in [1.165, 1.54) is 32.2 Å². The van der Waals surface area contributed by atoms with E-state index >= 15 is 0 Å². The van der Waals surface area contributed by atoms with Crippen molar-refractivity contribution in [3.05, 3.63) is 24.3 Å². The molecule has 1 aromatic rings. The molecule has 6 heteroatoms. The van der Waals surface area contributed by atoms with Crippen molar-refractivity contribution in [2.75, 3.05) is 29.4 Å². The first-order valence-corrected chi connectivity index (χ1v) is 8.99. The maximum absolute atomic E-state index is 11.3. The third-order valence-corrected chi connectivity index (χ3v) is 4.73. The van der Waals surface area contributed by atoms with Gasteiger partial charge in [0.1, 0.15) is 0 Å². The van der Waals surface area contributed by atoms with Crippen molar-refractivity contribution in [2.24, 2.45) is 0 Å². The molecule has 2 fully saturated rings. The molecule has 2 heterocycles. The van der Waals surface area contributed by atoms with Crippen LogP contribution in [0.2, 0.25) is 0 Å². The van der Waals surface area contributed by atoms with Crippen molar-refractivity contribution < 1.29 is 8.42 Å². The summed E-state index contributed by atoms with van der Waals surface area (Å²) in [6, 6.07) is 8.61. The Labute approximate surface area is 120 Å². The summed E-state index contributed by atoms with van der Waals surface area (Å²) in [5.74, 6) is 0. The average molecular weight is 295 g/mol. The van der Waals surface area contributed by atoms with Gasteiger partial charge in [-0.05, 0) is 44.0 Å². The molecule has 5 nitrogen and oxygen atoms in total. The van der Waals surface area contributed by atoms with Crippen LogP contribution in [-0.2, 0) is 10.0 Å². The van der Waals surface area contributed by atoms with E-state index in [1.54, 1.807) is 6.07 Å². The molecule has 0 aliphatic carbocycles. The number of rotatable bonds is 4. The minimum atomic E-state index is -3.22. The van der Waals surface area contributed by atoms with Crippen LogP contribution >= 0.6 is 0 Å². The number of anilines is 2. The number of nitrogens with one attached hydrogen (secondary N) is 2. The summed E-state index contributed by atoms with van der Waals surface area (Å²) in [6.45, 7) is 2.39. The molecule has 2 atom stereocenters. The van der Waals surface area contributed by atoms with Gasteiger partial charge in [-0.1, -0.05) is 6.07 Å². The van der Waals surface area contributed by atoms with Crippen LogP contribution in [0.15, 0.2) is 24.3 Å². The average Bonchev–Trinajstić information content (AvgIpc) is 2.92. The zero-order valence-electron chi connectivity index (χ0n) is 11.7. The highest BCUT2D eigenvalue weighted by Crippen LogP contribution is 2.30. The maximum atomic E-state index is 11.3. The molecule has 0 bridgehead atoms. The van der Waals surface area contributed by atoms with Crippen LogP contribution in [0.25, 0.3) is 0 Å². The Balaban J connectivity index is 1.70. The number of hydrogen-bond acceptors (Lipinski definition) is 4. The Morgan fingerprint density at radius 1 is 1.20 bits per heavy atom. The number of nitrogens with zero attached hydrogens (tertiary/aromatic N) is 1. The molecular weight excluding hydrogens is 274 g/mol. The molecule has 0 radical (unpaired) electrons. The smallest absolute Gasteiger partial charge is 0.229 e. The largest absolute Gasteiger partial charge is 0.381 e. The van der Waals surface area contributed by atoms with Crippen LogP contribution in [-0.4, -0.2) is 44.7 Å². The summed E-state index contributed by atoms with van der Waals surface area (Å²) in [4.78, 5) is 2.55. The predicted molar refractivity (Wildman–Crippen MR) is 81.5 cm³/mol. The van der Waals surface area contributed by atoms with Gasteiger partial charge in [0, 0.05) is 24.3 Å². The van der Waals surface area contributed by atoms with E-state index in [0.717, 1.165) is 12.1 Å². The van der Waals surface area contributed by atoms with Gasteiger partial charge in [0.15, 0.2) is 0 Å². The van der Waals surface area contributed by atoms with Crippen LogP contribution in [0, 0.1) is 0 Å². The standard InChI is InChI=1S/C14H21N3O2S/c1-20(18,19)16-12-5-2-4-11(10-12)15-13-7-9-17-8-3-6-14(13)17/h2,4-5,10,13-16H,3,6-9H2,1H3. The topological polar surface area (TPSA) is 61.4 Å². The molecule has 2 N–H and O–H groups in total. The van der Waals surface area contributed by atoms with Gasteiger partial charge in [-0.25, -0.2) is 8.42 Å². The Bertz CT molecular complexity index is 588. The molecule has 1 aromatic carbocycles. The van der Waals surface area contributed by atoms with Gasteiger partial charge in [-0.2, -0.15) is 0 Å². The van der Waals surface area contributed by atoms with Crippen molar-refractivity contribution in [3.8, 4) is 0 Å². The van der Waals surface area contributed by atoms with Crippen LogP contribution in [0.3, 0.4) is 0 Å². The summed E-state index contributed by atoms with van der Waals surface area (Å²) in [5, 5.41) is 3.56. The second-order valence-corrected chi connectivity index (χ2v) is 7.49. The maximum Gasteiger partial charge on any atom is 0.229 e. The number of fused-ring (bicyclic) bond motifs is 1. The number of hydrogen-bond donors (Lipinski definition) is 2. The Kier molecular flexibility index (Phi) is 3.60. The fraction of sp³-hybridized carbons (Fsp3) is 0.571. The van der Waals surface area contributed by atoms with Crippen LogP contribution in [0.4, 0.5) is 11.4 Å². The quantitative estimate of drug-likeness (QED) is 0.887. The zero-order valence-corrected chi connectivity index (χ0v) is 12.5. The van der Waals surface area contributed by atoms with Crippen LogP contribution in [0.5, 0.6) is 0 Å². The highest BCUT2D eigenvalue weighted by Gasteiger charge is 2.36. The van der Waals surface area contributed by atoms with Crippen molar-refractivity contribution in [2.45, 2.75) is 31.3 Å². The highest BCUT2D eigenvalue weighted by atomic mass is 32.2. The zero-order chi connectivity index (χ0) is 14.2. The molecule has 110 valence electrons. The van der Waals surface area contributed by atoms with E-state index in [9.17, 15) is 8.42 Å². The van der Waals surface area contributed by atoms with Crippen molar-refractivity contribution in [3.63, 3.8) is 0 Å². The SMILES string of the molecule is CS(=O)(=O)Nc1cccc(NC2CCN3CCCC23)c1. The lowest BCUT2D eigenvalue weighted by atomic mass is 10.1. The van der Waals surface area contributed by atoms with Gasteiger partial charge in [0.05, 0.1) is 11.9 Å². The molecule has 2 aliphatic rings. The lowest BCUT2D eigenvalue weighted by Crippen LogP contribution is -2.33. The lowest BCUT2D eigenvalue weighted by molar-refractivity contribution is 0.318. The molecular formula is C14H21N3O2S. The molecule has 0 aromatic heterocycles. The summed E-state index contributed by atoms with van der Waals surface area (Å²) >= 11 is 0. The molecule has 0 saturated carbocycles. The predicted octanol–water partition coefficient (Wildman–Crippen LogP) is 1.71. The van der Waals surface area contributed by atoms with E-state index in [4.69, 9.17) is 0 Å². The summed E-state index contributed by atoms with van der Waals surface area (Å²) in [5.41, 5.74) is 1.59. The Morgan fingerprint density at radius 2 is 2.00 bits per heavy atom. The van der Waals surface area contributed by atoms with Gasteiger partial charge in [-0.3, -0.25) is 9.62 Å². The normalized spacial score (nSPS) is 26.4. The van der Waals surface area contributed by atoms with Crippen molar-refractivity contribution in [1.82, 2.24) is 4.90 Å². The van der Waals surface area contributed by atoms with E-state index < -0.39 is 10.0 Å². The summed E-state index contributed by atoms with van der Waals surface area (Å²) in [6.07, 6.45) is 4.88. The van der Waals surface area contributed by atoms with Crippen LogP contribution in [0.1, 0.15) is 19.3 Å². The monoisotopic (exact) mass is 295 g/mol. The Morgan fingerprint density at radius 3 is 2.80 bits per heavy atom. The first-order chi connectivity index (χ1) is 9.51. The minimum Gasteiger partial charge on any atom is -0.381 e. The van der Waals surface area contributed by atoms with E-state index in [0.29, 0.717) is 17.8 Å². The first kappa shape index (κ1) is 13.7. The third kappa shape index (κ3) is 3.07. The molecule has 2 aliphatic heterocycles. The van der Waals surface area contributed by atoms with E-state index in [1.807, 2.05) is 18.2 Å². The van der Waals surface area contributed by atoms with Gasteiger partial charge >= 0.3 is 0 Å². The van der Waals surface area contributed by atoms with Gasteiger partial charge in [0.25, 0.3) is 0 Å².